The highest BCUT2D eigenvalue weighted by molar-refractivity contribution is 7.99. The van der Waals surface area contributed by atoms with Crippen LogP contribution in [0.2, 0.25) is 0 Å². The number of thioether (sulfide) groups is 1. The first-order valence-electron chi connectivity index (χ1n) is 6.05. The lowest BCUT2D eigenvalue weighted by Gasteiger charge is -2.21. The van der Waals surface area contributed by atoms with Gasteiger partial charge in [0.15, 0.2) is 0 Å². The quantitative estimate of drug-likeness (QED) is 0.550. The smallest absolute Gasteiger partial charge is 0.231 e. The van der Waals surface area contributed by atoms with Crippen LogP contribution in [0.1, 0.15) is 12.5 Å². The van der Waals surface area contributed by atoms with Gasteiger partial charge in [0.25, 0.3) is 0 Å². The van der Waals surface area contributed by atoms with Crippen LogP contribution in [0, 0.1) is 0 Å². The number of benzene rings is 1. The Bertz CT molecular complexity index is 384. The van der Waals surface area contributed by atoms with Crippen molar-refractivity contribution in [2.75, 3.05) is 30.3 Å². The van der Waals surface area contributed by atoms with Crippen LogP contribution in [0.3, 0.4) is 0 Å². The van der Waals surface area contributed by atoms with Gasteiger partial charge in [0.1, 0.15) is 0 Å². The molecule has 0 radical (unpaired) electrons. The summed E-state index contributed by atoms with van der Waals surface area (Å²) >= 11 is 1.85. The highest BCUT2D eigenvalue weighted by Crippen LogP contribution is 2.13. The van der Waals surface area contributed by atoms with Gasteiger partial charge in [-0.2, -0.15) is 11.8 Å². The van der Waals surface area contributed by atoms with Crippen molar-refractivity contribution >= 4 is 23.4 Å². The van der Waals surface area contributed by atoms with Gasteiger partial charge < -0.3 is 11.5 Å². The number of carbonyl (C=O) groups excluding carboxylic acids is 1. The van der Waals surface area contributed by atoms with E-state index >= 15 is 0 Å². The van der Waals surface area contributed by atoms with E-state index < -0.39 is 0 Å². The summed E-state index contributed by atoms with van der Waals surface area (Å²) in [5.74, 6) is 1.78. The first-order chi connectivity index (χ1) is 8.63. The Morgan fingerprint density at radius 3 is 2.72 bits per heavy atom. The molecule has 18 heavy (non-hydrogen) atoms. The molecule has 4 nitrogen and oxygen atoms in total. The molecule has 0 unspecified atom stereocenters. The van der Waals surface area contributed by atoms with E-state index in [1.54, 1.807) is 0 Å². The van der Waals surface area contributed by atoms with Crippen LogP contribution in [0.4, 0.5) is 5.69 Å². The zero-order chi connectivity index (χ0) is 13.4. The van der Waals surface area contributed by atoms with Crippen molar-refractivity contribution in [1.29, 1.82) is 0 Å². The van der Waals surface area contributed by atoms with Crippen LogP contribution in [0.5, 0.6) is 0 Å². The van der Waals surface area contributed by atoms with Crippen molar-refractivity contribution in [3.05, 3.63) is 29.8 Å². The SMILES string of the molecule is CCSCCN(CC(N)=O)Cc1ccccc1N. The van der Waals surface area contributed by atoms with Crippen LogP contribution in [0.25, 0.3) is 0 Å². The summed E-state index contributed by atoms with van der Waals surface area (Å²) < 4.78 is 0. The average Bonchev–Trinajstić information content (AvgIpc) is 2.31. The molecule has 4 N–H and O–H groups in total. The molecule has 1 aromatic carbocycles. The molecule has 0 atom stereocenters. The minimum absolute atomic E-state index is 0.276. The second-order valence-electron chi connectivity index (χ2n) is 4.07. The first-order valence-corrected chi connectivity index (χ1v) is 7.20. The second-order valence-corrected chi connectivity index (χ2v) is 5.47. The average molecular weight is 267 g/mol. The lowest BCUT2D eigenvalue weighted by molar-refractivity contribution is -0.119. The fraction of sp³-hybridized carbons (Fsp3) is 0.462. The molecule has 0 aliphatic carbocycles. The molecule has 0 aliphatic heterocycles. The number of para-hydroxylation sites is 1. The van der Waals surface area contributed by atoms with Crippen LogP contribution in [-0.4, -0.2) is 35.4 Å². The minimum Gasteiger partial charge on any atom is -0.398 e. The van der Waals surface area contributed by atoms with Gasteiger partial charge in [-0.15, -0.1) is 0 Å². The van der Waals surface area contributed by atoms with E-state index in [0.717, 1.165) is 29.3 Å². The fourth-order valence-corrected chi connectivity index (χ4v) is 2.37. The highest BCUT2D eigenvalue weighted by atomic mass is 32.2. The van der Waals surface area contributed by atoms with Crippen molar-refractivity contribution < 1.29 is 4.79 Å². The number of anilines is 1. The van der Waals surface area contributed by atoms with Crippen molar-refractivity contribution in [3.63, 3.8) is 0 Å². The highest BCUT2D eigenvalue weighted by Gasteiger charge is 2.10. The second kappa shape index (κ2) is 8.00. The van der Waals surface area contributed by atoms with Gasteiger partial charge in [-0.25, -0.2) is 0 Å². The number of rotatable bonds is 8. The number of nitrogens with zero attached hydrogens (tertiary/aromatic N) is 1. The van der Waals surface area contributed by atoms with Gasteiger partial charge in [0.05, 0.1) is 6.54 Å². The van der Waals surface area contributed by atoms with E-state index in [9.17, 15) is 4.79 Å². The standard InChI is InChI=1S/C13H21N3OS/c1-2-18-8-7-16(10-13(15)17)9-11-5-3-4-6-12(11)14/h3-6H,2,7-10,14H2,1H3,(H2,15,17). The predicted octanol–water partition coefficient (Wildman–Crippen LogP) is 1.31. The Hall–Kier alpha value is -1.20. The first kappa shape index (κ1) is 14.9. The molecule has 1 aromatic rings. The molecule has 0 fully saturated rings. The summed E-state index contributed by atoms with van der Waals surface area (Å²) in [5.41, 5.74) is 13.0. The van der Waals surface area contributed by atoms with Crippen LogP contribution >= 0.6 is 11.8 Å². The van der Waals surface area contributed by atoms with Crippen LogP contribution in [-0.2, 0) is 11.3 Å². The third kappa shape index (κ3) is 5.42. The number of amides is 1. The molecule has 5 heteroatoms. The molecule has 1 rings (SSSR count). The summed E-state index contributed by atoms with van der Waals surface area (Å²) in [6, 6.07) is 7.72. The molecule has 0 saturated carbocycles. The minimum atomic E-state index is -0.300. The van der Waals surface area contributed by atoms with Crippen molar-refractivity contribution in [3.8, 4) is 0 Å². The molecular weight excluding hydrogens is 246 g/mol. The zero-order valence-corrected chi connectivity index (χ0v) is 11.6. The summed E-state index contributed by atoms with van der Waals surface area (Å²) in [4.78, 5) is 13.1. The Morgan fingerprint density at radius 2 is 2.11 bits per heavy atom. The van der Waals surface area contributed by atoms with Gasteiger partial charge in [-0.1, -0.05) is 25.1 Å². The number of nitrogens with two attached hydrogens (primary N) is 2. The van der Waals surface area contributed by atoms with E-state index in [-0.39, 0.29) is 12.5 Å². The monoisotopic (exact) mass is 267 g/mol. The summed E-state index contributed by atoms with van der Waals surface area (Å²) in [6.45, 7) is 3.91. The molecule has 0 aliphatic rings. The maximum absolute atomic E-state index is 11.1. The third-order valence-corrected chi connectivity index (χ3v) is 3.46. The maximum Gasteiger partial charge on any atom is 0.231 e. The molecule has 0 saturated heterocycles. The Kier molecular flexibility index (Phi) is 6.60. The molecule has 0 bridgehead atoms. The number of carbonyl (C=O) groups is 1. The summed E-state index contributed by atoms with van der Waals surface area (Å²) in [6.07, 6.45) is 0. The Balaban J connectivity index is 2.59. The van der Waals surface area contributed by atoms with Gasteiger partial charge in [0.2, 0.25) is 5.91 Å². The molecule has 0 aromatic heterocycles. The number of nitrogen functional groups attached to an aromatic ring is 1. The molecule has 0 heterocycles. The third-order valence-electron chi connectivity index (χ3n) is 2.58. The lowest BCUT2D eigenvalue weighted by Crippen LogP contribution is -2.35. The normalized spacial score (nSPS) is 10.8. The van der Waals surface area contributed by atoms with Crippen molar-refractivity contribution in [2.24, 2.45) is 5.73 Å². The Labute approximate surface area is 113 Å². The van der Waals surface area contributed by atoms with E-state index in [4.69, 9.17) is 11.5 Å². The lowest BCUT2D eigenvalue weighted by atomic mass is 10.1. The van der Waals surface area contributed by atoms with Gasteiger partial charge >= 0.3 is 0 Å². The van der Waals surface area contributed by atoms with E-state index in [2.05, 4.69) is 6.92 Å². The molecule has 100 valence electrons. The Morgan fingerprint density at radius 1 is 1.39 bits per heavy atom. The van der Waals surface area contributed by atoms with Crippen molar-refractivity contribution in [1.82, 2.24) is 4.90 Å². The van der Waals surface area contributed by atoms with Gasteiger partial charge in [-0.3, -0.25) is 9.69 Å². The fourth-order valence-electron chi connectivity index (χ4n) is 1.69. The zero-order valence-electron chi connectivity index (χ0n) is 10.8. The van der Waals surface area contributed by atoms with Gasteiger partial charge in [-0.05, 0) is 17.4 Å². The number of hydrogen-bond donors (Lipinski definition) is 2. The summed E-state index contributed by atoms with van der Waals surface area (Å²) in [7, 11) is 0. The van der Waals surface area contributed by atoms with Crippen molar-refractivity contribution in [2.45, 2.75) is 13.5 Å². The number of primary amides is 1. The predicted molar refractivity (Wildman–Crippen MR) is 78.3 cm³/mol. The maximum atomic E-state index is 11.1. The largest absolute Gasteiger partial charge is 0.398 e. The number of hydrogen-bond acceptors (Lipinski definition) is 4. The molecule has 1 amide bonds. The topological polar surface area (TPSA) is 72.3 Å². The molecular formula is C13H21N3OS. The summed E-state index contributed by atoms with van der Waals surface area (Å²) in [5, 5.41) is 0. The molecule has 0 spiro atoms. The van der Waals surface area contributed by atoms with Crippen LogP contribution in [0.15, 0.2) is 24.3 Å². The van der Waals surface area contributed by atoms with E-state index in [0.29, 0.717) is 6.54 Å². The van der Waals surface area contributed by atoms with Gasteiger partial charge in [0, 0.05) is 24.5 Å². The van der Waals surface area contributed by atoms with E-state index in [1.165, 1.54) is 0 Å². The van der Waals surface area contributed by atoms with Crippen LogP contribution < -0.4 is 11.5 Å². The van der Waals surface area contributed by atoms with E-state index in [1.807, 2.05) is 40.9 Å².